The highest BCUT2D eigenvalue weighted by molar-refractivity contribution is 7.93. The number of benzene rings is 2. The largest absolute Gasteiger partial charge is 0.334 e. The molecule has 2 aromatic carbocycles. The van der Waals surface area contributed by atoms with Crippen LogP contribution in [-0.4, -0.2) is 52.3 Å². The van der Waals surface area contributed by atoms with Crippen LogP contribution >= 0.6 is 12.0 Å². The minimum atomic E-state index is -3.04. The Morgan fingerprint density at radius 3 is 2.00 bits per heavy atom. The molecule has 4 nitrogen and oxygen atoms in total. The van der Waals surface area contributed by atoms with Crippen LogP contribution in [0.5, 0.6) is 0 Å². The van der Waals surface area contributed by atoms with Crippen LogP contribution < -0.4 is 5.73 Å². The molecule has 1 saturated heterocycles. The van der Waals surface area contributed by atoms with Crippen LogP contribution in [-0.2, 0) is 4.79 Å². The second kappa shape index (κ2) is 10.6. The first-order valence-corrected chi connectivity index (χ1v) is 10.9. The number of halogens is 5. The van der Waals surface area contributed by atoms with Crippen LogP contribution in [0.2, 0.25) is 0 Å². The molecule has 32 heavy (non-hydrogen) atoms. The minimum absolute atomic E-state index is 0.0353. The number of hydrogen-bond acceptors (Lipinski definition) is 4. The van der Waals surface area contributed by atoms with Crippen molar-refractivity contribution in [1.82, 2.24) is 4.90 Å². The van der Waals surface area contributed by atoms with Gasteiger partial charge in [-0.25, -0.2) is 22.0 Å². The molecule has 3 atom stereocenters. The van der Waals surface area contributed by atoms with Crippen molar-refractivity contribution in [3.05, 3.63) is 60.2 Å². The molecule has 0 bridgehead atoms. The van der Waals surface area contributed by atoms with Gasteiger partial charge in [-0.15, -0.1) is 0 Å². The standard InChI is InChI=1S/C12H8F2.C9H13F3N2O.CH4OS/c13-10-7-4-8-11(14)12(10)9-5-2-1-3-6-9;1-8(10)2-5(8)7(15)14-3-6(13)9(11,12)4-14;1-3-2/h1-8H;5-6H,2-4,13H2,1H3;2H,1H3/t;5-,6?,8-;/m.0./s1. The number of carbonyl (C=O) groups excluding carboxylic acids is 1. The van der Waals surface area contributed by atoms with E-state index in [0.29, 0.717) is 5.56 Å². The van der Waals surface area contributed by atoms with Crippen molar-refractivity contribution in [2.75, 3.05) is 19.3 Å². The molecule has 0 aromatic heterocycles. The maximum atomic E-state index is 13.3. The van der Waals surface area contributed by atoms with E-state index in [1.807, 2.05) is 6.07 Å². The Labute approximate surface area is 187 Å². The van der Waals surface area contributed by atoms with Crippen molar-refractivity contribution in [2.45, 2.75) is 31.0 Å². The zero-order valence-corrected chi connectivity index (χ0v) is 18.4. The summed E-state index contributed by atoms with van der Waals surface area (Å²) in [5.74, 6) is -5.39. The molecule has 2 aliphatic rings. The summed E-state index contributed by atoms with van der Waals surface area (Å²) in [4.78, 5) is 12.5. The monoisotopic (exact) mass is 476 g/mol. The van der Waals surface area contributed by atoms with Crippen LogP contribution in [0.4, 0.5) is 22.0 Å². The molecule has 1 saturated carbocycles. The SMILES string of the molecule is CSO.C[C@]1(F)C[C@H]1C(=O)N1CC(N)C(F)(F)C1.Fc1cccc(F)c1-c1ccccc1. The van der Waals surface area contributed by atoms with Gasteiger partial charge in [0.05, 0.1) is 24.1 Å². The van der Waals surface area contributed by atoms with Gasteiger partial charge in [0.25, 0.3) is 5.92 Å². The van der Waals surface area contributed by atoms with Crippen LogP contribution in [0.25, 0.3) is 11.1 Å². The summed E-state index contributed by atoms with van der Waals surface area (Å²) in [6.45, 7) is 0.446. The molecular weight excluding hydrogens is 451 g/mol. The minimum Gasteiger partial charge on any atom is -0.334 e. The first-order valence-electron chi connectivity index (χ1n) is 9.72. The van der Waals surface area contributed by atoms with Gasteiger partial charge in [0.1, 0.15) is 17.3 Å². The summed E-state index contributed by atoms with van der Waals surface area (Å²) >= 11 is 0.750. The fraction of sp³-hybridized carbons (Fsp3) is 0.409. The van der Waals surface area contributed by atoms with E-state index in [2.05, 4.69) is 0 Å². The van der Waals surface area contributed by atoms with Gasteiger partial charge < -0.3 is 15.2 Å². The lowest BCUT2D eigenvalue weighted by atomic mass is 10.0. The third kappa shape index (κ3) is 6.43. The quantitative estimate of drug-likeness (QED) is 0.473. The summed E-state index contributed by atoms with van der Waals surface area (Å²) in [5, 5.41) is 0. The van der Waals surface area contributed by atoms with Crippen molar-refractivity contribution in [3.63, 3.8) is 0 Å². The van der Waals surface area contributed by atoms with Gasteiger partial charge in [0.2, 0.25) is 5.91 Å². The van der Waals surface area contributed by atoms with E-state index in [4.69, 9.17) is 10.3 Å². The first-order chi connectivity index (χ1) is 14.9. The van der Waals surface area contributed by atoms with Gasteiger partial charge >= 0.3 is 0 Å². The molecule has 1 heterocycles. The summed E-state index contributed by atoms with van der Waals surface area (Å²) < 4.78 is 73.3. The average Bonchev–Trinajstić information content (AvgIpc) is 3.27. The third-order valence-electron chi connectivity index (χ3n) is 5.17. The zero-order valence-electron chi connectivity index (χ0n) is 17.6. The second-order valence-corrected chi connectivity index (χ2v) is 8.13. The second-order valence-electron chi connectivity index (χ2n) is 7.77. The van der Waals surface area contributed by atoms with Gasteiger partial charge in [-0.3, -0.25) is 4.79 Å². The average molecular weight is 477 g/mol. The Bertz CT molecular complexity index is 894. The molecule has 1 aliphatic heterocycles. The van der Waals surface area contributed by atoms with Gasteiger partial charge in [-0.2, -0.15) is 0 Å². The van der Waals surface area contributed by atoms with Crippen LogP contribution in [0.3, 0.4) is 0 Å². The Morgan fingerprint density at radius 2 is 1.59 bits per heavy atom. The lowest BCUT2D eigenvalue weighted by molar-refractivity contribution is -0.133. The van der Waals surface area contributed by atoms with Crippen molar-refractivity contribution in [3.8, 4) is 11.1 Å². The number of likely N-dealkylation sites (tertiary alicyclic amines) is 1. The normalized spacial score (nSPS) is 25.2. The molecule has 0 spiro atoms. The maximum Gasteiger partial charge on any atom is 0.281 e. The van der Waals surface area contributed by atoms with E-state index in [1.165, 1.54) is 25.1 Å². The van der Waals surface area contributed by atoms with Gasteiger partial charge in [0, 0.05) is 12.8 Å². The fourth-order valence-corrected chi connectivity index (χ4v) is 3.26. The third-order valence-corrected chi connectivity index (χ3v) is 5.17. The molecule has 10 heteroatoms. The van der Waals surface area contributed by atoms with E-state index in [-0.39, 0.29) is 18.5 Å². The van der Waals surface area contributed by atoms with Crippen molar-refractivity contribution < 1.29 is 31.3 Å². The summed E-state index contributed by atoms with van der Waals surface area (Å²) in [5.41, 5.74) is 4.27. The summed E-state index contributed by atoms with van der Waals surface area (Å²) in [7, 11) is 0. The number of rotatable bonds is 2. The van der Waals surface area contributed by atoms with Gasteiger partial charge in [0.15, 0.2) is 0 Å². The Hall–Kier alpha value is -2.17. The van der Waals surface area contributed by atoms with Gasteiger partial charge in [-0.05, 0) is 43.1 Å². The molecule has 1 unspecified atom stereocenters. The molecular formula is C22H25F5N2O2S. The molecule has 4 rings (SSSR count). The topological polar surface area (TPSA) is 66.6 Å². The van der Waals surface area contributed by atoms with Crippen molar-refractivity contribution >= 4 is 17.9 Å². The van der Waals surface area contributed by atoms with Crippen molar-refractivity contribution in [1.29, 1.82) is 0 Å². The van der Waals surface area contributed by atoms with E-state index >= 15 is 0 Å². The smallest absolute Gasteiger partial charge is 0.281 e. The van der Waals surface area contributed by atoms with Crippen LogP contribution in [0, 0.1) is 17.6 Å². The van der Waals surface area contributed by atoms with E-state index in [1.54, 1.807) is 30.5 Å². The fourth-order valence-electron chi connectivity index (χ4n) is 3.26. The summed E-state index contributed by atoms with van der Waals surface area (Å²) in [6.07, 6.45) is 1.73. The Balaban J connectivity index is 0.000000203. The molecule has 176 valence electrons. The molecule has 3 N–H and O–H groups in total. The zero-order chi connectivity index (χ0) is 24.1. The van der Waals surface area contributed by atoms with Crippen molar-refractivity contribution in [2.24, 2.45) is 11.7 Å². The predicted molar refractivity (Wildman–Crippen MR) is 115 cm³/mol. The first kappa shape index (κ1) is 26.1. The molecule has 2 fully saturated rings. The number of nitrogens with zero attached hydrogens (tertiary/aromatic N) is 1. The van der Waals surface area contributed by atoms with E-state index in [0.717, 1.165) is 16.9 Å². The number of carbonyl (C=O) groups is 1. The molecule has 1 amide bonds. The molecule has 0 radical (unpaired) electrons. The lowest BCUT2D eigenvalue weighted by Gasteiger charge is -2.15. The highest BCUT2D eigenvalue weighted by Crippen LogP contribution is 2.48. The van der Waals surface area contributed by atoms with Crippen LogP contribution in [0.15, 0.2) is 48.5 Å². The Kier molecular flexibility index (Phi) is 8.67. The lowest BCUT2D eigenvalue weighted by Crippen LogP contribution is -2.38. The predicted octanol–water partition coefficient (Wildman–Crippen LogP) is 4.99. The number of alkyl halides is 3. The molecule has 2 aromatic rings. The van der Waals surface area contributed by atoms with E-state index in [9.17, 15) is 26.7 Å². The number of amides is 1. The molecule has 1 aliphatic carbocycles. The highest BCUT2D eigenvalue weighted by atomic mass is 32.2. The number of hydrogen-bond donors (Lipinski definition) is 2. The number of nitrogens with two attached hydrogens (primary N) is 1. The van der Waals surface area contributed by atoms with Crippen LogP contribution in [0.1, 0.15) is 13.3 Å². The summed E-state index contributed by atoms with van der Waals surface area (Å²) in [6, 6.07) is 11.2. The van der Waals surface area contributed by atoms with E-state index < -0.39 is 47.6 Å². The van der Waals surface area contributed by atoms with Gasteiger partial charge in [-0.1, -0.05) is 36.4 Å². The maximum absolute atomic E-state index is 13.3. The Morgan fingerprint density at radius 1 is 1.09 bits per heavy atom. The highest BCUT2D eigenvalue weighted by Gasteiger charge is 2.59.